The fourth-order valence-corrected chi connectivity index (χ4v) is 4.28. The van der Waals surface area contributed by atoms with Crippen LogP contribution >= 0.6 is 0 Å². The Hall–Kier alpha value is -2.76. The van der Waals surface area contributed by atoms with E-state index >= 15 is 0 Å². The van der Waals surface area contributed by atoms with Crippen LogP contribution in [0.25, 0.3) is 0 Å². The van der Waals surface area contributed by atoms with E-state index in [1.165, 1.54) is 30.3 Å². The van der Waals surface area contributed by atoms with Gasteiger partial charge in [0.1, 0.15) is 10.7 Å². The molecule has 0 bridgehead atoms. The molecule has 0 unspecified atom stereocenters. The topological polar surface area (TPSA) is 142 Å². The van der Waals surface area contributed by atoms with E-state index in [0.717, 1.165) is 0 Å². The van der Waals surface area contributed by atoms with Crippen LogP contribution in [0, 0.1) is 0 Å². The molecule has 2 aromatic rings. The summed E-state index contributed by atoms with van der Waals surface area (Å²) in [6.07, 6.45) is 0.740. The molecular formula is C17H17N3O6S2. The minimum Gasteiger partial charge on any atom is -0.342 e. The molecule has 1 heterocycles. The number of benzene rings is 2. The van der Waals surface area contributed by atoms with Crippen LogP contribution in [-0.2, 0) is 24.9 Å². The van der Waals surface area contributed by atoms with Crippen LogP contribution in [0.3, 0.4) is 0 Å². The summed E-state index contributed by atoms with van der Waals surface area (Å²) in [5.74, 6) is -0.0525. The van der Waals surface area contributed by atoms with E-state index in [1.807, 2.05) is 0 Å². The molecule has 0 saturated heterocycles. The molecule has 1 aliphatic rings. The SMILES string of the molecule is O=C(CCCC1=NS(=O)(=O)c2ccccc2N1)Nc1ccc(S(=O)(=O)O)cc1. The van der Waals surface area contributed by atoms with Gasteiger partial charge in [0, 0.05) is 18.5 Å². The third-order valence-corrected chi connectivity index (χ3v) is 6.17. The molecule has 2 aromatic carbocycles. The Bertz CT molecular complexity index is 1140. The van der Waals surface area contributed by atoms with Crippen molar-refractivity contribution < 1.29 is 26.2 Å². The zero-order valence-electron chi connectivity index (χ0n) is 14.5. The maximum absolute atomic E-state index is 12.2. The average molecular weight is 423 g/mol. The van der Waals surface area contributed by atoms with Crippen LogP contribution in [0.15, 0.2) is 62.7 Å². The van der Waals surface area contributed by atoms with E-state index in [-0.39, 0.29) is 34.4 Å². The lowest BCUT2D eigenvalue weighted by Gasteiger charge is -2.17. The number of anilines is 2. The van der Waals surface area contributed by atoms with Gasteiger partial charge in [-0.15, -0.1) is 4.40 Å². The molecule has 0 saturated carbocycles. The normalized spacial score (nSPS) is 15.1. The van der Waals surface area contributed by atoms with Gasteiger partial charge in [0.25, 0.3) is 20.1 Å². The smallest absolute Gasteiger partial charge is 0.294 e. The zero-order chi connectivity index (χ0) is 20.4. The maximum atomic E-state index is 12.2. The molecule has 11 heteroatoms. The quantitative estimate of drug-likeness (QED) is 0.605. The number of nitrogens with one attached hydrogen (secondary N) is 2. The molecule has 148 valence electrons. The van der Waals surface area contributed by atoms with E-state index in [0.29, 0.717) is 17.8 Å². The van der Waals surface area contributed by atoms with Crippen molar-refractivity contribution in [3.63, 3.8) is 0 Å². The molecule has 0 radical (unpaired) electrons. The second kappa shape index (κ2) is 7.70. The molecular weight excluding hydrogens is 406 g/mol. The average Bonchev–Trinajstić information content (AvgIpc) is 2.61. The van der Waals surface area contributed by atoms with Gasteiger partial charge in [0.05, 0.1) is 10.6 Å². The number of rotatable bonds is 6. The minimum atomic E-state index is -4.29. The highest BCUT2D eigenvalue weighted by Crippen LogP contribution is 2.27. The Kier molecular flexibility index (Phi) is 5.49. The molecule has 1 amide bonds. The molecule has 0 fully saturated rings. The van der Waals surface area contributed by atoms with Gasteiger partial charge in [-0.05, 0) is 42.8 Å². The van der Waals surface area contributed by atoms with Gasteiger partial charge in [0.2, 0.25) is 5.91 Å². The standard InChI is InChI=1S/C17H17N3O6S2/c21-17(18-12-8-10-13(11-9-12)28(24,25)26)7-3-6-16-19-14-4-1-2-5-15(14)27(22,23)20-16/h1-2,4-5,8-11H,3,6-7H2,(H,18,21)(H,19,20)(H,24,25,26). The summed E-state index contributed by atoms with van der Waals surface area (Å²) < 4.78 is 58.9. The number of nitrogens with zero attached hydrogens (tertiary/aromatic N) is 1. The van der Waals surface area contributed by atoms with Gasteiger partial charge >= 0.3 is 0 Å². The van der Waals surface area contributed by atoms with Gasteiger partial charge in [-0.25, -0.2) is 0 Å². The predicted molar refractivity (Wildman–Crippen MR) is 103 cm³/mol. The lowest BCUT2D eigenvalue weighted by Crippen LogP contribution is -2.22. The lowest BCUT2D eigenvalue weighted by molar-refractivity contribution is -0.116. The second-order valence-corrected chi connectivity index (χ2v) is 9.03. The molecule has 0 aliphatic carbocycles. The summed E-state index contributed by atoms with van der Waals surface area (Å²) in [6, 6.07) is 11.5. The Morgan fingerprint density at radius 3 is 2.46 bits per heavy atom. The summed E-state index contributed by atoms with van der Waals surface area (Å²) in [7, 11) is -8.04. The van der Waals surface area contributed by atoms with Crippen molar-refractivity contribution in [3.8, 4) is 0 Å². The summed E-state index contributed by atoms with van der Waals surface area (Å²) in [5, 5.41) is 5.55. The fraction of sp³-hybridized carbons (Fsp3) is 0.176. The van der Waals surface area contributed by atoms with Gasteiger partial charge in [-0.1, -0.05) is 12.1 Å². The molecule has 1 aliphatic heterocycles. The molecule has 28 heavy (non-hydrogen) atoms. The Labute approximate surface area is 162 Å². The van der Waals surface area contributed by atoms with E-state index in [4.69, 9.17) is 4.55 Å². The molecule has 0 spiro atoms. The number of carbonyl (C=O) groups excluding carboxylic acids is 1. The van der Waals surface area contributed by atoms with Crippen molar-refractivity contribution in [1.29, 1.82) is 0 Å². The van der Waals surface area contributed by atoms with Gasteiger partial charge < -0.3 is 10.6 Å². The van der Waals surface area contributed by atoms with Crippen molar-refractivity contribution >= 4 is 43.3 Å². The highest BCUT2D eigenvalue weighted by molar-refractivity contribution is 7.90. The number of sulfonamides is 1. The number of fused-ring (bicyclic) bond motifs is 1. The summed E-state index contributed by atoms with van der Waals surface area (Å²) in [6.45, 7) is 0. The van der Waals surface area contributed by atoms with Crippen LogP contribution in [0.5, 0.6) is 0 Å². The van der Waals surface area contributed by atoms with E-state index in [9.17, 15) is 21.6 Å². The molecule has 0 aromatic heterocycles. The number of amides is 1. The zero-order valence-corrected chi connectivity index (χ0v) is 16.1. The third-order valence-electron chi connectivity index (χ3n) is 3.93. The Morgan fingerprint density at radius 1 is 1.11 bits per heavy atom. The van der Waals surface area contributed by atoms with Crippen LogP contribution in [0.2, 0.25) is 0 Å². The number of para-hydroxylation sites is 1. The van der Waals surface area contributed by atoms with E-state index in [2.05, 4.69) is 15.0 Å². The van der Waals surface area contributed by atoms with Gasteiger partial charge in [-0.3, -0.25) is 9.35 Å². The third kappa shape index (κ3) is 4.74. The van der Waals surface area contributed by atoms with Crippen molar-refractivity contribution in [2.75, 3.05) is 10.6 Å². The van der Waals surface area contributed by atoms with Crippen molar-refractivity contribution in [2.24, 2.45) is 4.40 Å². The van der Waals surface area contributed by atoms with Crippen LogP contribution < -0.4 is 10.6 Å². The van der Waals surface area contributed by atoms with Crippen molar-refractivity contribution in [3.05, 3.63) is 48.5 Å². The Balaban J connectivity index is 1.54. The molecule has 3 N–H and O–H groups in total. The maximum Gasteiger partial charge on any atom is 0.294 e. The first-order valence-corrected chi connectivity index (χ1v) is 11.1. The first-order valence-electron chi connectivity index (χ1n) is 8.22. The number of hydrogen-bond donors (Lipinski definition) is 3. The van der Waals surface area contributed by atoms with Crippen LogP contribution in [0.4, 0.5) is 11.4 Å². The van der Waals surface area contributed by atoms with Crippen LogP contribution in [0.1, 0.15) is 19.3 Å². The van der Waals surface area contributed by atoms with E-state index in [1.54, 1.807) is 18.2 Å². The minimum absolute atomic E-state index is 0.114. The second-order valence-electron chi connectivity index (χ2n) is 6.04. The first kappa shape index (κ1) is 20.0. The van der Waals surface area contributed by atoms with Gasteiger partial charge in [-0.2, -0.15) is 16.8 Å². The number of carbonyl (C=O) groups is 1. The largest absolute Gasteiger partial charge is 0.342 e. The number of amidine groups is 1. The number of hydrogen-bond acceptors (Lipinski definition) is 6. The highest BCUT2D eigenvalue weighted by atomic mass is 32.2. The summed E-state index contributed by atoms with van der Waals surface area (Å²) in [4.78, 5) is 11.9. The lowest BCUT2D eigenvalue weighted by atomic mass is 10.2. The summed E-state index contributed by atoms with van der Waals surface area (Å²) in [5.41, 5.74) is 0.831. The Morgan fingerprint density at radius 2 is 1.79 bits per heavy atom. The monoisotopic (exact) mass is 423 g/mol. The molecule has 3 rings (SSSR count). The van der Waals surface area contributed by atoms with Crippen LogP contribution in [-0.4, -0.2) is 33.1 Å². The van der Waals surface area contributed by atoms with E-state index < -0.39 is 20.1 Å². The molecule has 9 nitrogen and oxygen atoms in total. The predicted octanol–water partition coefficient (Wildman–Crippen LogP) is 2.25. The summed E-state index contributed by atoms with van der Waals surface area (Å²) >= 11 is 0. The van der Waals surface area contributed by atoms with Gasteiger partial charge in [0.15, 0.2) is 0 Å². The first-order chi connectivity index (χ1) is 13.1. The fourth-order valence-electron chi connectivity index (χ4n) is 2.63. The van der Waals surface area contributed by atoms with Crippen molar-refractivity contribution in [2.45, 2.75) is 29.1 Å². The van der Waals surface area contributed by atoms with Crippen molar-refractivity contribution in [1.82, 2.24) is 0 Å². The highest BCUT2D eigenvalue weighted by Gasteiger charge is 2.23. The molecule has 0 atom stereocenters.